The number of hydrazone groups is 1. The van der Waals surface area contributed by atoms with Gasteiger partial charge in [0.15, 0.2) is 11.5 Å². The number of aromatic nitrogens is 2. The van der Waals surface area contributed by atoms with Crippen LogP contribution in [0.25, 0.3) is 11.5 Å². The monoisotopic (exact) mass is 312 g/mol. The number of aromatic hydroxyl groups is 2. The Bertz CT molecular complexity index is 852. The fourth-order valence-electron chi connectivity index (χ4n) is 1.86. The Hall–Kier alpha value is -3.55. The number of hydrogen-bond donors (Lipinski definition) is 4. The Balaban J connectivity index is 1.66. The van der Waals surface area contributed by atoms with Gasteiger partial charge in [-0.25, -0.2) is 5.43 Å². The molecule has 2 aromatic heterocycles. The molecule has 0 aliphatic rings. The van der Waals surface area contributed by atoms with Crippen LogP contribution in [0.15, 0.2) is 52.2 Å². The van der Waals surface area contributed by atoms with E-state index in [1.165, 1.54) is 36.7 Å². The van der Waals surface area contributed by atoms with E-state index < -0.39 is 5.91 Å². The van der Waals surface area contributed by atoms with Crippen LogP contribution in [0, 0.1) is 0 Å². The first kappa shape index (κ1) is 14.4. The zero-order chi connectivity index (χ0) is 16.2. The normalized spacial score (nSPS) is 11.0. The van der Waals surface area contributed by atoms with Gasteiger partial charge in [-0.1, -0.05) is 0 Å². The zero-order valence-corrected chi connectivity index (χ0v) is 11.7. The summed E-state index contributed by atoms with van der Waals surface area (Å²) in [6, 6.07) is 9.02. The predicted molar refractivity (Wildman–Crippen MR) is 81.1 cm³/mol. The second kappa shape index (κ2) is 6.06. The number of H-pyrrole nitrogens is 1. The van der Waals surface area contributed by atoms with E-state index in [4.69, 9.17) is 4.42 Å². The molecule has 0 fully saturated rings. The SMILES string of the molecule is O=C(N/N=C/c1ccc(O)cc1O)c1cc(-c2ccco2)[nH]n1. The van der Waals surface area contributed by atoms with Gasteiger partial charge in [0.25, 0.3) is 5.91 Å². The quantitative estimate of drug-likeness (QED) is 0.432. The Kier molecular flexibility index (Phi) is 3.79. The van der Waals surface area contributed by atoms with Crippen LogP contribution in [0.2, 0.25) is 0 Å². The van der Waals surface area contributed by atoms with Gasteiger partial charge in [0.1, 0.15) is 17.2 Å². The maximum atomic E-state index is 11.9. The number of nitrogens with zero attached hydrogens (tertiary/aromatic N) is 2. The van der Waals surface area contributed by atoms with Crippen LogP contribution in [-0.2, 0) is 0 Å². The summed E-state index contributed by atoms with van der Waals surface area (Å²) in [7, 11) is 0. The summed E-state index contributed by atoms with van der Waals surface area (Å²) in [5.41, 5.74) is 3.35. The Morgan fingerprint density at radius 1 is 1.30 bits per heavy atom. The largest absolute Gasteiger partial charge is 0.508 e. The molecule has 2 heterocycles. The standard InChI is InChI=1S/C15H12N4O4/c20-10-4-3-9(13(21)6-10)8-16-19-15(22)12-7-11(17-18-12)14-2-1-5-23-14/h1-8,20-21H,(H,17,18)(H,19,22)/b16-8+. The van der Waals surface area contributed by atoms with Crippen molar-refractivity contribution in [2.75, 3.05) is 0 Å². The van der Waals surface area contributed by atoms with Gasteiger partial charge in [-0.15, -0.1) is 0 Å². The molecule has 8 nitrogen and oxygen atoms in total. The summed E-state index contributed by atoms with van der Waals surface area (Å²) in [6.07, 6.45) is 2.77. The molecule has 1 amide bonds. The van der Waals surface area contributed by atoms with Crippen LogP contribution in [0.1, 0.15) is 16.1 Å². The Labute approximate surface area is 130 Å². The first-order valence-corrected chi connectivity index (χ1v) is 6.58. The molecule has 4 N–H and O–H groups in total. The minimum atomic E-state index is -0.520. The Morgan fingerprint density at radius 2 is 2.17 bits per heavy atom. The maximum absolute atomic E-state index is 11.9. The highest BCUT2D eigenvalue weighted by Crippen LogP contribution is 2.21. The summed E-state index contributed by atoms with van der Waals surface area (Å²) < 4.78 is 5.19. The molecule has 23 heavy (non-hydrogen) atoms. The number of benzene rings is 1. The highest BCUT2D eigenvalue weighted by atomic mass is 16.3. The van der Waals surface area contributed by atoms with Crippen molar-refractivity contribution in [1.82, 2.24) is 15.6 Å². The number of rotatable bonds is 4. The van der Waals surface area contributed by atoms with E-state index in [0.717, 1.165) is 0 Å². The maximum Gasteiger partial charge on any atom is 0.291 e. The number of carbonyl (C=O) groups excluding carboxylic acids is 1. The molecule has 3 aromatic rings. The molecule has 3 rings (SSSR count). The van der Waals surface area contributed by atoms with Crippen LogP contribution < -0.4 is 5.43 Å². The second-order valence-corrected chi connectivity index (χ2v) is 4.59. The third-order valence-corrected chi connectivity index (χ3v) is 2.98. The van der Waals surface area contributed by atoms with E-state index in [1.807, 2.05) is 0 Å². The smallest absolute Gasteiger partial charge is 0.291 e. The molecule has 0 bridgehead atoms. The van der Waals surface area contributed by atoms with Gasteiger partial charge in [-0.05, 0) is 24.3 Å². The zero-order valence-electron chi connectivity index (χ0n) is 11.7. The van der Waals surface area contributed by atoms with Gasteiger partial charge in [0.05, 0.1) is 12.5 Å². The van der Waals surface area contributed by atoms with Gasteiger partial charge < -0.3 is 14.6 Å². The lowest BCUT2D eigenvalue weighted by Gasteiger charge is -1.99. The molecule has 0 atom stereocenters. The lowest BCUT2D eigenvalue weighted by Crippen LogP contribution is -2.18. The van der Waals surface area contributed by atoms with Crippen molar-refractivity contribution < 1.29 is 19.4 Å². The summed E-state index contributed by atoms with van der Waals surface area (Å²) in [5, 5.41) is 29.1. The lowest BCUT2D eigenvalue weighted by atomic mass is 10.2. The average Bonchev–Trinajstić information content (AvgIpc) is 3.20. The fraction of sp³-hybridized carbons (Fsp3) is 0. The summed E-state index contributed by atoms with van der Waals surface area (Å²) in [5.74, 6) is -0.170. The number of phenols is 2. The third kappa shape index (κ3) is 3.21. The van der Waals surface area contributed by atoms with Gasteiger partial charge in [0.2, 0.25) is 0 Å². The molecule has 8 heteroatoms. The van der Waals surface area contributed by atoms with E-state index in [1.54, 1.807) is 12.1 Å². The molecule has 0 aliphatic heterocycles. The van der Waals surface area contributed by atoms with Gasteiger partial charge in [0, 0.05) is 17.7 Å². The van der Waals surface area contributed by atoms with Crippen LogP contribution in [-0.4, -0.2) is 32.5 Å². The first-order chi connectivity index (χ1) is 11.1. The van der Waals surface area contributed by atoms with E-state index in [9.17, 15) is 15.0 Å². The number of phenolic OH excluding ortho intramolecular Hbond substituents is 2. The summed E-state index contributed by atoms with van der Waals surface area (Å²) in [6.45, 7) is 0. The van der Waals surface area contributed by atoms with Crippen LogP contribution in [0.4, 0.5) is 0 Å². The van der Waals surface area contributed by atoms with Crippen LogP contribution in [0.5, 0.6) is 11.5 Å². The molecule has 0 radical (unpaired) electrons. The molecule has 0 spiro atoms. The van der Waals surface area contributed by atoms with Gasteiger partial charge >= 0.3 is 0 Å². The molecule has 1 aromatic carbocycles. The number of aromatic amines is 1. The number of furan rings is 1. The molecule has 0 saturated heterocycles. The molecule has 0 saturated carbocycles. The fourth-order valence-corrected chi connectivity index (χ4v) is 1.86. The lowest BCUT2D eigenvalue weighted by molar-refractivity contribution is 0.0950. The van der Waals surface area contributed by atoms with Crippen molar-refractivity contribution in [1.29, 1.82) is 0 Å². The van der Waals surface area contributed by atoms with Crippen LogP contribution >= 0.6 is 0 Å². The third-order valence-electron chi connectivity index (χ3n) is 2.98. The highest BCUT2D eigenvalue weighted by Gasteiger charge is 2.12. The number of nitrogens with one attached hydrogen (secondary N) is 2. The van der Waals surface area contributed by atoms with Crippen molar-refractivity contribution in [2.24, 2.45) is 5.10 Å². The second-order valence-electron chi connectivity index (χ2n) is 4.59. The van der Waals surface area contributed by atoms with Gasteiger partial charge in [-0.2, -0.15) is 10.2 Å². The predicted octanol–water partition coefficient (Wildman–Crippen LogP) is 1.84. The average molecular weight is 312 g/mol. The Morgan fingerprint density at radius 3 is 2.91 bits per heavy atom. The minimum Gasteiger partial charge on any atom is -0.508 e. The summed E-state index contributed by atoms with van der Waals surface area (Å²) in [4.78, 5) is 11.9. The summed E-state index contributed by atoms with van der Waals surface area (Å²) >= 11 is 0. The van der Waals surface area contributed by atoms with Gasteiger partial charge in [-0.3, -0.25) is 9.89 Å². The van der Waals surface area contributed by atoms with E-state index in [0.29, 0.717) is 17.0 Å². The molecule has 0 unspecified atom stereocenters. The van der Waals surface area contributed by atoms with Crippen molar-refractivity contribution in [2.45, 2.75) is 0 Å². The molecular weight excluding hydrogens is 300 g/mol. The highest BCUT2D eigenvalue weighted by molar-refractivity contribution is 5.94. The van der Waals surface area contributed by atoms with Crippen molar-refractivity contribution in [3.63, 3.8) is 0 Å². The molecular formula is C15H12N4O4. The van der Waals surface area contributed by atoms with E-state index in [-0.39, 0.29) is 17.2 Å². The number of amides is 1. The van der Waals surface area contributed by atoms with Crippen molar-refractivity contribution >= 4 is 12.1 Å². The van der Waals surface area contributed by atoms with E-state index >= 15 is 0 Å². The number of hydrogen-bond acceptors (Lipinski definition) is 6. The van der Waals surface area contributed by atoms with Crippen LogP contribution in [0.3, 0.4) is 0 Å². The topological polar surface area (TPSA) is 124 Å². The van der Waals surface area contributed by atoms with Crippen molar-refractivity contribution in [3.8, 4) is 23.0 Å². The number of carbonyl (C=O) groups is 1. The minimum absolute atomic E-state index is 0.0642. The van der Waals surface area contributed by atoms with E-state index in [2.05, 4.69) is 20.7 Å². The molecule has 116 valence electrons. The molecule has 0 aliphatic carbocycles. The van der Waals surface area contributed by atoms with Crippen molar-refractivity contribution in [3.05, 3.63) is 53.9 Å². The first-order valence-electron chi connectivity index (χ1n) is 6.58.